The minimum Gasteiger partial charge on any atom is -0.348 e. The number of rotatable bonds is 2. The van der Waals surface area contributed by atoms with Crippen molar-refractivity contribution >= 4 is 5.91 Å². The van der Waals surface area contributed by atoms with E-state index in [1.54, 1.807) is 0 Å². The molecule has 16 heavy (non-hydrogen) atoms. The second-order valence-electron chi connectivity index (χ2n) is 5.01. The normalized spacial score (nSPS) is 19.6. The standard InChI is InChI=1S/C12H19N3O/c1-7(2)13-12(16)11-9-6-8(3)4-5-10(9)14-15-11/h7-8H,4-6H2,1-3H3,(H,13,16)(H,14,15)/t8-/m0/s1. The highest BCUT2D eigenvalue weighted by Gasteiger charge is 2.24. The maximum absolute atomic E-state index is 11.9. The fourth-order valence-electron chi connectivity index (χ4n) is 2.19. The molecule has 4 heteroatoms. The topological polar surface area (TPSA) is 57.8 Å². The Morgan fingerprint density at radius 2 is 2.31 bits per heavy atom. The number of aryl methyl sites for hydroxylation is 1. The maximum atomic E-state index is 11.9. The van der Waals surface area contributed by atoms with Crippen LogP contribution in [0.4, 0.5) is 0 Å². The van der Waals surface area contributed by atoms with Crippen molar-refractivity contribution in [2.75, 3.05) is 0 Å². The zero-order chi connectivity index (χ0) is 11.7. The van der Waals surface area contributed by atoms with Gasteiger partial charge in [0.05, 0.1) is 0 Å². The molecular weight excluding hydrogens is 202 g/mol. The van der Waals surface area contributed by atoms with E-state index in [1.165, 1.54) is 6.42 Å². The van der Waals surface area contributed by atoms with Crippen molar-refractivity contribution in [3.05, 3.63) is 17.0 Å². The number of fused-ring (bicyclic) bond motifs is 1. The summed E-state index contributed by atoms with van der Waals surface area (Å²) in [6, 6.07) is 0.154. The number of hydrogen-bond acceptors (Lipinski definition) is 2. The predicted molar refractivity (Wildman–Crippen MR) is 62.4 cm³/mol. The van der Waals surface area contributed by atoms with Gasteiger partial charge in [-0.05, 0) is 39.0 Å². The van der Waals surface area contributed by atoms with Gasteiger partial charge >= 0.3 is 0 Å². The molecule has 0 aliphatic heterocycles. The summed E-state index contributed by atoms with van der Waals surface area (Å²) >= 11 is 0. The van der Waals surface area contributed by atoms with E-state index in [9.17, 15) is 4.79 Å². The number of amides is 1. The number of nitrogens with zero attached hydrogens (tertiary/aromatic N) is 1. The molecule has 0 fully saturated rings. The lowest BCUT2D eigenvalue weighted by atomic mass is 9.87. The summed E-state index contributed by atoms with van der Waals surface area (Å²) in [5.74, 6) is 0.595. The average Bonchev–Trinajstić information content (AvgIpc) is 2.59. The largest absolute Gasteiger partial charge is 0.348 e. The first-order valence-electron chi connectivity index (χ1n) is 5.95. The van der Waals surface area contributed by atoms with Crippen LogP contribution < -0.4 is 5.32 Å². The monoisotopic (exact) mass is 221 g/mol. The zero-order valence-corrected chi connectivity index (χ0v) is 10.1. The first kappa shape index (κ1) is 11.2. The third kappa shape index (κ3) is 2.10. The van der Waals surface area contributed by atoms with Crippen LogP contribution in [-0.4, -0.2) is 22.1 Å². The predicted octanol–water partition coefficient (Wildman–Crippen LogP) is 1.67. The molecule has 2 N–H and O–H groups in total. The highest BCUT2D eigenvalue weighted by atomic mass is 16.2. The molecule has 1 atom stereocenters. The number of aromatic amines is 1. The van der Waals surface area contributed by atoms with Crippen LogP contribution in [0.2, 0.25) is 0 Å². The Hall–Kier alpha value is -1.32. The Bertz CT molecular complexity index is 395. The fraction of sp³-hybridized carbons (Fsp3) is 0.667. The van der Waals surface area contributed by atoms with Crippen LogP contribution >= 0.6 is 0 Å². The smallest absolute Gasteiger partial charge is 0.272 e. The van der Waals surface area contributed by atoms with Crippen molar-refractivity contribution < 1.29 is 4.79 Å². The molecule has 0 saturated heterocycles. The second-order valence-corrected chi connectivity index (χ2v) is 5.01. The first-order valence-corrected chi connectivity index (χ1v) is 5.95. The molecule has 88 valence electrons. The van der Waals surface area contributed by atoms with Gasteiger partial charge in [-0.2, -0.15) is 5.10 Å². The molecule has 1 heterocycles. The van der Waals surface area contributed by atoms with Gasteiger partial charge in [-0.3, -0.25) is 9.89 Å². The Kier molecular flexibility index (Phi) is 2.99. The Balaban J connectivity index is 2.22. The molecule has 0 bridgehead atoms. The molecule has 1 aromatic heterocycles. The van der Waals surface area contributed by atoms with Crippen molar-refractivity contribution in [1.82, 2.24) is 15.5 Å². The zero-order valence-electron chi connectivity index (χ0n) is 10.1. The maximum Gasteiger partial charge on any atom is 0.272 e. The molecule has 0 saturated carbocycles. The second kappa shape index (κ2) is 4.28. The number of carbonyl (C=O) groups is 1. The Morgan fingerprint density at radius 1 is 1.56 bits per heavy atom. The lowest BCUT2D eigenvalue weighted by molar-refractivity contribution is 0.0937. The lowest BCUT2D eigenvalue weighted by Crippen LogP contribution is -2.31. The highest BCUT2D eigenvalue weighted by Crippen LogP contribution is 2.26. The average molecular weight is 221 g/mol. The Labute approximate surface area is 95.8 Å². The molecule has 4 nitrogen and oxygen atoms in total. The molecule has 1 aliphatic carbocycles. The van der Waals surface area contributed by atoms with Crippen LogP contribution in [0.15, 0.2) is 0 Å². The summed E-state index contributed by atoms with van der Waals surface area (Å²) < 4.78 is 0. The molecule has 0 unspecified atom stereocenters. The van der Waals surface area contributed by atoms with Crippen LogP contribution in [0.5, 0.6) is 0 Å². The van der Waals surface area contributed by atoms with E-state index in [2.05, 4.69) is 22.4 Å². The quantitative estimate of drug-likeness (QED) is 0.798. The van der Waals surface area contributed by atoms with Crippen molar-refractivity contribution in [3.8, 4) is 0 Å². The molecule has 2 rings (SSSR count). The van der Waals surface area contributed by atoms with Gasteiger partial charge in [0.1, 0.15) is 0 Å². The van der Waals surface area contributed by atoms with Crippen molar-refractivity contribution in [3.63, 3.8) is 0 Å². The minimum absolute atomic E-state index is 0.0541. The van der Waals surface area contributed by atoms with Gasteiger partial charge < -0.3 is 5.32 Å². The highest BCUT2D eigenvalue weighted by molar-refractivity contribution is 5.94. The van der Waals surface area contributed by atoms with E-state index in [0.717, 1.165) is 24.1 Å². The minimum atomic E-state index is -0.0541. The van der Waals surface area contributed by atoms with Gasteiger partial charge in [-0.1, -0.05) is 6.92 Å². The van der Waals surface area contributed by atoms with Gasteiger partial charge in [0.25, 0.3) is 5.91 Å². The summed E-state index contributed by atoms with van der Waals surface area (Å²) in [7, 11) is 0. The van der Waals surface area contributed by atoms with E-state index in [0.29, 0.717) is 11.6 Å². The third-order valence-electron chi connectivity index (χ3n) is 3.03. The van der Waals surface area contributed by atoms with Gasteiger partial charge in [0, 0.05) is 17.3 Å². The molecule has 1 aromatic rings. The number of nitrogens with one attached hydrogen (secondary N) is 2. The fourth-order valence-corrected chi connectivity index (χ4v) is 2.19. The van der Waals surface area contributed by atoms with E-state index in [1.807, 2.05) is 13.8 Å². The third-order valence-corrected chi connectivity index (χ3v) is 3.03. The van der Waals surface area contributed by atoms with Crippen LogP contribution in [0.25, 0.3) is 0 Å². The summed E-state index contributed by atoms with van der Waals surface area (Å²) in [4.78, 5) is 11.9. The van der Waals surface area contributed by atoms with Crippen LogP contribution in [-0.2, 0) is 12.8 Å². The molecule has 0 radical (unpaired) electrons. The number of hydrogen-bond donors (Lipinski definition) is 2. The summed E-state index contributed by atoms with van der Waals surface area (Å²) in [5.41, 5.74) is 2.86. The first-order chi connectivity index (χ1) is 7.58. The molecule has 0 aromatic carbocycles. The van der Waals surface area contributed by atoms with Gasteiger partial charge in [-0.25, -0.2) is 0 Å². The summed E-state index contributed by atoms with van der Waals surface area (Å²) in [6.07, 6.45) is 3.16. The molecular formula is C12H19N3O. The van der Waals surface area contributed by atoms with Gasteiger partial charge in [0.2, 0.25) is 0 Å². The van der Waals surface area contributed by atoms with E-state index >= 15 is 0 Å². The van der Waals surface area contributed by atoms with Crippen molar-refractivity contribution in [1.29, 1.82) is 0 Å². The van der Waals surface area contributed by atoms with Crippen LogP contribution in [0, 0.1) is 5.92 Å². The van der Waals surface area contributed by atoms with Gasteiger partial charge in [-0.15, -0.1) is 0 Å². The van der Waals surface area contributed by atoms with E-state index in [-0.39, 0.29) is 11.9 Å². The molecule has 1 amide bonds. The van der Waals surface area contributed by atoms with Crippen molar-refractivity contribution in [2.45, 2.75) is 46.1 Å². The summed E-state index contributed by atoms with van der Waals surface area (Å²) in [5, 5.41) is 10.0. The van der Waals surface area contributed by atoms with E-state index in [4.69, 9.17) is 0 Å². The SMILES string of the molecule is CC(C)NC(=O)c1n[nH]c2c1C[C@@H](C)CC2. The Morgan fingerprint density at radius 3 is 3.00 bits per heavy atom. The number of carbonyl (C=O) groups excluding carboxylic acids is 1. The van der Waals surface area contributed by atoms with Crippen LogP contribution in [0.3, 0.4) is 0 Å². The number of aromatic nitrogens is 2. The van der Waals surface area contributed by atoms with E-state index < -0.39 is 0 Å². The van der Waals surface area contributed by atoms with Crippen LogP contribution in [0.1, 0.15) is 48.9 Å². The number of H-pyrrole nitrogens is 1. The summed E-state index contributed by atoms with van der Waals surface area (Å²) in [6.45, 7) is 6.14. The van der Waals surface area contributed by atoms with Crippen molar-refractivity contribution in [2.24, 2.45) is 5.92 Å². The lowest BCUT2D eigenvalue weighted by Gasteiger charge is -2.18. The molecule has 1 aliphatic rings. The van der Waals surface area contributed by atoms with Gasteiger partial charge in [0.15, 0.2) is 5.69 Å². The molecule has 0 spiro atoms.